The predicted octanol–water partition coefficient (Wildman–Crippen LogP) is 2.95. The zero-order valence-electron chi connectivity index (χ0n) is 11.3. The summed E-state index contributed by atoms with van der Waals surface area (Å²) in [5, 5.41) is 13.2. The number of non-ortho nitro benzene ring substituents is 1. The molecule has 6 heteroatoms. The van der Waals surface area contributed by atoms with Crippen LogP contribution in [0.15, 0.2) is 48.5 Å². The van der Waals surface area contributed by atoms with Gasteiger partial charge in [-0.1, -0.05) is 6.07 Å². The number of pyridine rings is 1. The number of hydrogen-bond donors (Lipinski definition) is 1. The molecule has 6 nitrogen and oxygen atoms in total. The van der Waals surface area contributed by atoms with Crippen molar-refractivity contribution in [3.63, 3.8) is 0 Å². The highest BCUT2D eigenvalue weighted by Gasteiger charge is 2.03. The lowest BCUT2D eigenvalue weighted by molar-refractivity contribution is -0.384. The minimum atomic E-state index is -0.469. The molecule has 0 saturated carbocycles. The fourth-order valence-corrected chi connectivity index (χ4v) is 1.66. The van der Waals surface area contributed by atoms with Gasteiger partial charge in [-0.25, -0.2) is 4.98 Å². The third kappa shape index (κ3) is 4.24. The normalized spacial score (nSPS) is 10.5. The number of aromatic nitrogens is 1. The lowest BCUT2D eigenvalue weighted by atomic mass is 10.2. The molecule has 1 aromatic heterocycles. The summed E-state index contributed by atoms with van der Waals surface area (Å²) in [4.78, 5) is 25.9. The third-order valence-corrected chi connectivity index (χ3v) is 2.67. The number of hydrogen-bond acceptors (Lipinski definition) is 4. The van der Waals surface area contributed by atoms with Crippen LogP contribution in [0.2, 0.25) is 0 Å². The van der Waals surface area contributed by atoms with Crippen molar-refractivity contribution in [3.05, 3.63) is 69.9 Å². The standard InChI is InChI=1S/C15H13N3O3/c1-11-3-2-4-14(16-11)17-15(19)10-7-12-5-8-13(9-6-12)18(20)21/h2-10H,1H3,(H,16,17,19). The average molecular weight is 283 g/mol. The van der Waals surface area contributed by atoms with Gasteiger partial charge in [0.05, 0.1) is 4.92 Å². The number of anilines is 1. The summed E-state index contributed by atoms with van der Waals surface area (Å²) in [7, 11) is 0. The molecule has 0 aliphatic rings. The molecule has 0 bridgehead atoms. The molecule has 0 saturated heterocycles. The number of nitrogens with zero attached hydrogens (tertiary/aromatic N) is 2. The molecule has 1 N–H and O–H groups in total. The number of benzene rings is 1. The van der Waals surface area contributed by atoms with Crippen LogP contribution in [0.4, 0.5) is 11.5 Å². The van der Waals surface area contributed by atoms with Crippen molar-refractivity contribution in [2.24, 2.45) is 0 Å². The smallest absolute Gasteiger partial charge is 0.269 e. The topological polar surface area (TPSA) is 85.1 Å². The lowest BCUT2D eigenvalue weighted by Gasteiger charge is -2.01. The molecular weight excluding hydrogens is 270 g/mol. The predicted molar refractivity (Wildman–Crippen MR) is 79.7 cm³/mol. The van der Waals surface area contributed by atoms with E-state index in [1.165, 1.54) is 18.2 Å². The maximum atomic E-state index is 11.7. The van der Waals surface area contributed by atoms with E-state index < -0.39 is 4.92 Å². The van der Waals surface area contributed by atoms with Gasteiger partial charge in [0, 0.05) is 23.9 Å². The highest BCUT2D eigenvalue weighted by molar-refractivity contribution is 6.01. The molecule has 0 atom stereocenters. The van der Waals surface area contributed by atoms with Crippen molar-refractivity contribution in [3.8, 4) is 0 Å². The van der Waals surface area contributed by atoms with E-state index in [1.54, 1.807) is 30.3 Å². The minimum Gasteiger partial charge on any atom is -0.307 e. The number of nitro benzene ring substituents is 1. The van der Waals surface area contributed by atoms with Crippen LogP contribution in [0.5, 0.6) is 0 Å². The van der Waals surface area contributed by atoms with Crippen molar-refractivity contribution in [1.29, 1.82) is 0 Å². The second-order valence-corrected chi connectivity index (χ2v) is 4.34. The van der Waals surface area contributed by atoms with Crippen molar-refractivity contribution in [2.75, 3.05) is 5.32 Å². The van der Waals surface area contributed by atoms with E-state index in [1.807, 2.05) is 13.0 Å². The highest BCUT2D eigenvalue weighted by Crippen LogP contribution is 2.13. The van der Waals surface area contributed by atoms with Crippen LogP contribution >= 0.6 is 0 Å². The Bertz CT molecular complexity index is 694. The molecule has 0 fully saturated rings. The average Bonchev–Trinajstić information content (AvgIpc) is 2.45. The molecule has 0 aliphatic carbocycles. The molecule has 21 heavy (non-hydrogen) atoms. The van der Waals surface area contributed by atoms with Gasteiger partial charge in [-0.3, -0.25) is 14.9 Å². The van der Waals surface area contributed by atoms with Crippen molar-refractivity contribution in [1.82, 2.24) is 4.98 Å². The Morgan fingerprint density at radius 2 is 1.95 bits per heavy atom. The van der Waals surface area contributed by atoms with E-state index in [2.05, 4.69) is 10.3 Å². The second-order valence-electron chi connectivity index (χ2n) is 4.34. The largest absolute Gasteiger partial charge is 0.307 e. The van der Waals surface area contributed by atoms with Crippen LogP contribution in [-0.4, -0.2) is 15.8 Å². The van der Waals surface area contributed by atoms with Gasteiger partial charge in [0.2, 0.25) is 5.91 Å². The van der Waals surface area contributed by atoms with Crippen molar-refractivity contribution >= 4 is 23.5 Å². The second kappa shape index (κ2) is 6.42. The van der Waals surface area contributed by atoms with Crippen LogP contribution < -0.4 is 5.32 Å². The number of amides is 1. The summed E-state index contributed by atoms with van der Waals surface area (Å²) in [6.45, 7) is 1.84. The van der Waals surface area contributed by atoms with Crippen LogP contribution in [0.1, 0.15) is 11.3 Å². The SMILES string of the molecule is Cc1cccc(NC(=O)C=Cc2ccc([N+](=O)[O-])cc2)n1. The Hall–Kier alpha value is -3.02. The summed E-state index contributed by atoms with van der Waals surface area (Å²) < 4.78 is 0. The number of nitro groups is 1. The molecule has 1 aromatic carbocycles. The summed E-state index contributed by atoms with van der Waals surface area (Å²) in [6.07, 6.45) is 2.93. The van der Waals surface area contributed by atoms with Gasteiger partial charge in [-0.05, 0) is 42.8 Å². The summed E-state index contributed by atoms with van der Waals surface area (Å²) in [5.41, 5.74) is 1.53. The molecule has 0 radical (unpaired) electrons. The number of aryl methyl sites for hydroxylation is 1. The fraction of sp³-hybridized carbons (Fsp3) is 0.0667. The quantitative estimate of drug-likeness (QED) is 0.531. The Kier molecular flexibility index (Phi) is 4.40. The molecule has 1 amide bonds. The van der Waals surface area contributed by atoms with Gasteiger partial charge in [-0.2, -0.15) is 0 Å². The Balaban J connectivity index is 2.00. The number of carbonyl (C=O) groups excluding carboxylic acids is 1. The van der Waals surface area contributed by atoms with Crippen LogP contribution in [0, 0.1) is 17.0 Å². The molecule has 0 aliphatic heterocycles. The molecule has 106 valence electrons. The maximum absolute atomic E-state index is 11.7. The van der Waals surface area contributed by atoms with Gasteiger partial charge < -0.3 is 5.32 Å². The lowest BCUT2D eigenvalue weighted by Crippen LogP contribution is -2.09. The number of rotatable bonds is 4. The van der Waals surface area contributed by atoms with Gasteiger partial charge in [0.1, 0.15) is 5.82 Å². The Morgan fingerprint density at radius 1 is 1.24 bits per heavy atom. The minimum absolute atomic E-state index is 0.0144. The van der Waals surface area contributed by atoms with E-state index in [9.17, 15) is 14.9 Å². The van der Waals surface area contributed by atoms with E-state index >= 15 is 0 Å². The van der Waals surface area contributed by atoms with E-state index in [0.29, 0.717) is 11.4 Å². The Morgan fingerprint density at radius 3 is 2.57 bits per heavy atom. The number of carbonyl (C=O) groups is 1. The van der Waals surface area contributed by atoms with E-state index in [4.69, 9.17) is 0 Å². The Labute approximate surface area is 121 Å². The first-order valence-electron chi connectivity index (χ1n) is 6.22. The van der Waals surface area contributed by atoms with Crippen LogP contribution in [0.3, 0.4) is 0 Å². The van der Waals surface area contributed by atoms with Gasteiger partial charge >= 0.3 is 0 Å². The molecule has 0 spiro atoms. The molecule has 2 rings (SSSR count). The zero-order valence-corrected chi connectivity index (χ0v) is 11.3. The molecule has 0 unspecified atom stereocenters. The first-order valence-corrected chi connectivity index (χ1v) is 6.22. The van der Waals surface area contributed by atoms with Gasteiger partial charge in [0.25, 0.3) is 5.69 Å². The summed E-state index contributed by atoms with van der Waals surface area (Å²) in [5.74, 6) is 0.166. The zero-order chi connectivity index (χ0) is 15.2. The van der Waals surface area contributed by atoms with Crippen molar-refractivity contribution < 1.29 is 9.72 Å². The summed E-state index contributed by atoms with van der Waals surface area (Å²) in [6, 6.07) is 11.3. The van der Waals surface area contributed by atoms with Crippen LogP contribution in [0.25, 0.3) is 6.08 Å². The first kappa shape index (κ1) is 14.4. The van der Waals surface area contributed by atoms with Crippen molar-refractivity contribution in [2.45, 2.75) is 6.92 Å². The van der Waals surface area contributed by atoms with Gasteiger partial charge in [-0.15, -0.1) is 0 Å². The fourth-order valence-electron chi connectivity index (χ4n) is 1.66. The monoisotopic (exact) mass is 283 g/mol. The summed E-state index contributed by atoms with van der Waals surface area (Å²) >= 11 is 0. The maximum Gasteiger partial charge on any atom is 0.269 e. The molecule has 1 heterocycles. The molecule has 2 aromatic rings. The van der Waals surface area contributed by atoms with E-state index in [-0.39, 0.29) is 11.6 Å². The first-order chi connectivity index (χ1) is 10.0. The number of nitrogens with one attached hydrogen (secondary N) is 1. The van der Waals surface area contributed by atoms with E-state index in [0.717, 1.165) is 5.69 Å². The third-order valence-electron chi connectivity index (χ3n) is 2.67. The highest BCUT2D eigenvalue weighted by atomic mass is 16.6. The van der Waals surface area contributed by atoms with Crippen LogP contribution in [-0.2, 0) is 4.79 Å². The molecular formula is C15H13N3O3. The van der Waals surface area contributed by atoms with Gasteiger partial charge in [0.15, 0.2) is 0 Å².